The Morgan fingerprint density at radius 3 is 2.43 bits per heavy atom. The van der Waals surface area contributed by atoms with Crippen molar-refractivity contribution >= 4 is 44.0 Å². The van der Waals surface area contributed by atoms with E-state index in [2.05, 4.69) is 10.3 Å². The van der Waals surface area contributed by atoms with E-state index in [9.17, 15) is 18.0 Å². The monoisotopic (exact) mass is 448 g/mol. The Morgan fingerprint density at radius 1 is 1.10 bits per heavy atom. The minimum atomic E-state index is -3.53. The standard InChI is InChI=1S/C20H24N4O4S2/c25-18-13-15(19(26)22-20-21-9-12-29-20)14-24(18)16-5-7-17(8-6-16)30(27,28)23-10-3-1-2-4-11-23/h5-9,12,15H,1-4,10-11,13-14H2,(H,21,22,26)/t15-/m1/s1. The molecule has 160 valence electrons. The molecule has 0 aliphatic carbocycles. The summed E-state index contributed by atoms with van der Waals surface area (Å²) in [6.45, 7) is 1.35. The van der Waals surface area contributed by atoms with Crippen molar-refractivity contribution < 1.29 is 18.0 Å². The van der Waals surface area contributed by atoms with Crippen LogP contribution >= 0.6 is 11.3 Å². The molecule has 2 aliphatic heterocycles. The first kappa shape index (κ1) is 21.0. The Hall–Kier alpha value is -2.30. The molecule has 0 unspecified atom stereocenters. The van der Waals surface area contributed by atoms with Crippen LogP contribution in [-0.2, 0) is 19.6 Å². The number of sulfonamides is 1. The smallest absolute Gasteiger partial charge is 0.243 e. The van der Waals surface area contributed by atoms with Crippen LogP contribution in [0.15, 0.2) is 40.7 Å². The summed E-state index contributed by atoms with van der Waals surface area (Å²) in [6.07, 6.45) is 5.59. The summed E-state index contributed by atoms with van der Waals surface area (Å²) in [5.74, 6) is -0.861. The molecule has 1 aromatic heterocycles. The summed E-state index contributed by atoms with van der Waals surface area (Å²) >= 11 is 1.32. The largest absolute Gasteiger partial charge is 0.312 e. The molecule has 30 heavy (non-hydrogen) atoms. The van der Waals surface area contributed by atoms with Gasteiger partial charge in [-0.25, -0.2) is 13.4 Å². The summed E-state index contributed by atoms with van der Waals surface area (Å²) in [7, 11) is -3.53. The highest BCUT2D eigenvalue weighted by molar-refractivity contribution is 7.89. The number of nitrogens with one attached hydrogen (secondary N) is 1. The van der Waals surface area contributed by atoms with Crippen molar-refractivity contribution in [1.82, 2.24) is 9.29 Å². The highest BCUT2D eigenvalue weighted by Crippen LogP contribution is 2.28. The summed E-state index contributed by atoms with van der Waals surface area (Å²) in [5.41, 5.74) is 0.597. The lowest BCUT2D eigenvalue weighted by Gasteiger charge is -2.21. The van der Waals surface area contributed by atoms with Crippen molar-refractivity contribution in [3.05, 3.63) is 35.8 Å². The molecule has 2 fully saturated rings. The Balaban J connectivity index is 1.44. The molecule has 8 nitrogen and oxygen atoms in total. The Bertz CT molecular complexity index is 998. The molecule has 0 radical (unpaired) electrons. The molecular formula is C20H24N4O4S2. The van der Waals surface area contributed by atoms with Crippen LogP contribution < -0.4 is 10.2 Å². The number of anilines is 2. The summed E-state index contributed by atoms with van der Waals surface area (Å²) < 4.78 is 27.4. The van der Waals surface area contributed by atoms with Gasteiger partial charge in [-0.05, 0) is 37.1 Å². The minimum Gasteiger partial charge on any atom is -0.312 e. The van der Waals surface area contributed by atoms with E-state index in [-0.39, 0.29) is 29.7 Å². The normalized spacial score (nSPS) is 20.9. The van der Waals surface area contributed by atoms with E-state index in [4.69, 9.17) is 0 Å². The average Bonchev–Trinajstić information content (AvgIpc) is 3.29. The van der Waals surface area contributed by atoms with E-state index in [1.54, 1.807) is 40.1 Å². The van der Waals surface area contributed by atoms with Gasteiger partial charge in [-0.1, -0.05) is 12.8 Å². The van der Waals surface area contributed by atoms with Crippen LogP contribution in [0.1, 0.15) is 32.1 Å². The van der Waals surface area contributed by atoms with E-state index in [1.165, 1.54) is 16.2 Å². The van der Waals surface area contributed by atoms with E-state index < -0.39 is 15.9 Å². The molecule has 0 saturated carbocycles. The number of thiazole rings is 1. The number of benzene rings is 1. The number of carbonyl (C=O) groups excluding carboxylic acids is 2. The molecule has 2 aromatic rings. The Kier molecular flexibility index (Phi) is 6.16. The van der Waals surface area contributed by atoms with Gasteiger partial charge in [0, 0.05) is 43.3 Å². The first-order chi connectivity index (χ1) is 14.4. The summed E-state index contributed by atoms with van der Waals surface area (Å²) in [4.78, 5) is 30.7. The van der Waals surface area contributed by atoms with Gasteiger partial charge in [0.2, 0.25) is 21.8 Å². The third kappa shape index (κ3) is 4.40. The van der Waals surface area contributed by atoms with Crippen molar-refractivity contribution in [3.8, 4) is 0 Å². The average molecular weight is 449 g/mol. The predicted octanol–water partition coefficient (Wildman–Crippen LogP) is 2.70. The molecule has 2 saturated heterocycles. The molecular weight excluding hydrogens is 424 g/mol. The fourth-order valence-corrected chi connectivity index (χ4v) is 5.90. The van der Waals surface area contributed by atoms with Crippen molar-refractivity contribution in [1.29, 1.82) is 0 Å². The molecule has 1 N–H and O–H groups in total. The fraction of sp³-hybridized carbons (Fsp3) is 0.450. The van der Waals surface area contributed by atoms with Gasteiger partial charge in [0.05, 0.1) is 10.8 Å². The minimum absolute atomic E-state index is 0.116. The van der Waals surface area contributed by atoms with Gasteiger partial charge in [-0.2, -0.15) is 4.31 Å². The molecule has 3 heterocycles. The molecule has 1 aromatic carbocycles. The topological polar surface area (TPSA) is 99.7 Å². The van der Waals surface area contributed by atoms with E-state index in [0.29, 0.717) is 23.9 Å². The number of nitrogens with zero attached hydrogens (tertiary/aromatic N) is 3. The Morgan fingerprint density at radius 2 is 1.80 bits per heavy atom. The molecule has 2 aliphatic rings. The van der Waals surface area contributed by atoms with E-state index >= 15 is 0 Å². The Labute approximate surface area is 180 Å². The second-order valence-corrected chi connectivity index (χ2v) is 10.4. The SMILES string of the molecule is O=C(Nc1nccs1)[C@@H]1CC(=O)N(c2ccc(S(=O)(=O)N3CCCCCC3)cc2)C1. The van der Waals surface area contributed by atoms with Crippen LogP contribution in [0.2, 0.25) is 0 Å². The molecule has 4 rings (SSSR count). The number of hydrogen-bond donors (Lipinski definition) is 1. The second kappa shape index (κ2) is 8.83. The number of aromatic nitrogens is 1. The van der Waals surface area contributed by atoms with Gasteiger partial charge in [-0.3, -0.25) is 9.59 Å². The molecule has 10 heteroatoms. The highest BCUT2D eigenvalue weighted by Gasteiger charge is 2.35. The molecule has 1 atom stereocenters. The number of carbonyl (C=O) groups is 2. The van der Waals surface area contributed by atoms with Gasteiger partial charge in [0.15, 0.2) is 5.13 Å². The van der Waals surface area contributed by atoms with E-state index in [1.807, 2.05) is 0 Å². The van der Waals surface area contributed by atoms with Gasteiger partial charge in [0.1, 0.15) is 0 Å². The first-order valence-corrected chi connectivity index (χ1v) is 12.4. The lowest BCUT2D eigenvalue weighted by molar-refractivity contribution is -0.122. The molecule has 0 bridgehead atoms. The lowest BCUT2D eigenvalue weighted by atomic mass is 10.1. The zero-order valence-electron chi connectivity index (χ0n) is 16.5. The number of hydrogen-bond acceptors (Lipinski definition) is 6. The van der Waals surface area contributed by atoms with Gasteiger partial charge in [0.25, 0.3) is 0 Å². The van der Waals surface area contributed by atoms with Crippen LogP contribution in [0.5, 0.6) is 0 Å². The number of rotatable bonds is 5. The van der Waals surface area contributed by atoms with Gasteiger partial charge in [-0.15, -0.1) is 11.3 Å². The van der Waals surface area contributed by atoms with Crippen LogP contribution in [0, 0.1) is 5.92 Å². The maximum Gasteiger partial charge on any atom is 0.243 e. The maximum absolute atomic E-state index is 12.9. The van der Waals surface area contributed by atoms with Crippen LogP contribution in [0.4, 0.5) is 10.8 Å². The zero-order chi connectivity index (χ0) is 21.1. The first-order valence-electron chi connectivity index (χ1n) is 10.1. The van der Waals surface area contributed by atoms with Crippen molar-refractivity contribution in [2.75, 3.05) is 29.9 Å². The fourth-order valence-electron chi connectivity index (χ4n) is 3.85. The van der Waals surface area contributed by atoms with Crippen LogP contribution in [0.3, 0.4) is 0 Å². The van der Waals surface area contributed by atoms with E-state index in [0.717, 1.165) is 25.7 Å². The predicted molar refractivity (Wildman–Crippen MR) is 115 cm³/mol. The van der Waals surface area contributed by atoms with Gasteiger partial charge >= 0.3 is 0 Å². The van der Waals surface area contributed by atoms with Crippen molar-refractivity contribution in [2.24, 2.45) is 5.92 Å². The highest BCUT2D eigenvalue weighted by atomic mass is 32.2. The van der Waals surface area contributed by atoms with Crippen LogP contribution in [0.25, 0.3) is 0 Å². The van der Waals surface area contributed by atoms with Gasteiger partial charge < -0.3 is 10.2 Å². The summed E-state index contributed by atoms with van der Waals surface area (Å²) in [6, 6.07) is 6.38. The quantitative estimate of drug-likeness (QED) is 0.758. The summed E-state index contributed by atoms with van der Waals surface area (Å²) in [5, 5.41) is 5.01. The molecule has 0 spiro atoms. The van der Waals surface area contributed by atoms with Crippen molar-refractivity contribution in [2.45, 2.75) is 37.0 Å². The number of amides is 2. The third-order valence-electron chi connectivity index (χ3n) is 5.51. The molecule has 2 amide bonds. The third-order valence-corrected chi connectivity index (χ3v) is 8.11. The maximum atomic E-state index is 12.9. The zero-order valence-corrected chi connectivity index (χ0v) is 18.1. The van der Waals surface area contributed by atoms with Crippen LogP contribution in [-0.4, -0.2) is 49.2 Å². The lowest BCUT2D eigenvalue weighted by Crippen LogP contribution is -2.32. The van der Waals surface area contributed by atoms with Crippen molar-refractivity contribution in [3.63, 3.8) is 0 Å². The second-order valence-electron chi connectivity index (χ2n) is 7.54.